The topological polar surface area (TPSA) is 77.7 Å². The van der Waals surface area contributed by atoms with Gasteiger partial charge >= 0.3 is 0 Å². The number of likely N-dealkylation sites (tertiary alicyclic amines) is 1. The van der Waals surface area contributed by atoms with Gasteiger partial charge in [0.15, 0.2) is 5.82 Å². The van der Waals surface area contributed by atoms with Crippen LogP contribution in [-0.4, -0.2) is 53.9 Å². The summed E-state index contributed by atoms with van der Waals surface area (Å²) in [5.74, 6) is 1.78. The van der Waals surface area contributed by atoms with Gasteiger partial charge in [0.25, 0.3) is 5.91 Å². The zero-order valence-electron chi connectivity index (χ0n) is 17.0. The molecule has 0 saturated carbocycles. The van der Waals surface area contributed by atoms with Crippen molar-refractivity contribution in [1.82, 2.24) is 15.0 Å². The SMILES string of the molecule is Cc1cccc(C(=O)N2CCCC2c2nc(CCOCC3CCOCC3)no2)c1. The molecule has 3 heterocycles. The molecule has 4 rings (SSSR count). The Bertz CT molecular complexity index is 816. The number of aryl methyl sites for hydroxylation is 1. The maximum atomic E-state index is 13.0. The van der Waals surface area contributed by atoms with Gasteiger partial charge in [0.05, 0.1) is 6.61 Å². The number of benzene rings is 1. The van der Waals surface area contributed by atoms with Gasteiger partial charge in [-0.05, 0) is 50.7 Å². The molecule has 1 aromatic carbocycles. The second-order valence-corrected chi connectivity index (χ2v) is 7.96. The molecule has 2 saturated heterocycles. The molecule has 2 aliphatic rings. The molecular formula is C22H29N3O4. The lowest BCUT2D eigenvalue weighted by Crippen LogP contribution is -2.30. The van der Waals surface area contributed by atoms with Gasteiger partial charge in [-0.2, -0.15) is 4.98 Å². The van der Waals surface area contributed by atoms with Crippen molar-refractivity contribution in [2.45, 2.75) is 45.1 Å². The maximum Gasteiger partial charge on any atom is 0.254 e. The Morgan fingerprint density at radius 3 is 2.97 bits per heavy atom. The minimum absolute atomic E-state index is 0.0238. The fraction of sp³-hybridized carbons (Fsp3) is 0.591. The van der Waals surface area contributed by atoms with Gasteiger partial charge in [-0.15, -0.1) is 0 Å². The van der Waals surface area contributed by atoms with Crippen LogP contribution >= 0.6 is 0 Å². The Kier molecular flexibility index (Phi) is 6.56. The minimum Gasteiger partial charge on any atom is -0.381 e. The number of aromatic nitrogens is 2. The van der Waals surface area contributed by atoms with Crippen LogP contribution in [0.1, 0.15) is 59.4 Å². The van der Waals surface area contributed by atoms with Crippen molar-refractivity contribution in [3.05, 3.63) is 47.1 Å². The fourth-order valence-corrected chi connectivity index (χ4v) is 4.04. The van der Waals surface area contributed by atoms with Crippen LogP contribution < -0.4 is 0 Å². The summed E-state index contributed by atoms with van der Waals surface area (Å²) in [4.78, 5) is 19.4. The van der Waals surface area contributed by atoms with Gasteiger partial charge in [-0.3, -0.25) is 4.79 Å². The van der Waals surface area contributed by atoms with E-state index < -0.39 is 0 Å². The van der Waals surface area contributed by atoms with E-state index in [9.17, 15) is 4.79 Å². The highest BCUT2D eigenvalue weighted by Gasteiger charge is 2.34. The van der Waals surface area contributed by atoms with E-state index in [1.807, 2.05) is 36.1 Å². The molecule has 7 nitrogen and oxygen atoms in total. The van der Waals surface area contributed by atoms with Gasteiger partial charge in [-0.25, -0.2) is 0 Å². The molecule has 2 aliphatic heterocycles. The summed E-state index contributed by atoms with van der Waals surface area (Å²) >= 11 is 0. The number of amides is 1. The molecule has 1 unspecified atom stereocenters. The molecule has 1 aromatic heterocycles. The highest BCUT2D eigenvalue weighted by atomic mass is 16.5. The summed E-state index contributed by atoms with van der Waals surface area (Å²) in [6.45, 7) is 5.71. The van der Waals surface area contributed by atoms with E-state index in [0.717, 1.165) is 51.1 Å². The van der Waals surface area contributed by atoms with Crippen LogP contribution in [0.3, 0.4) is 0 Å². The normalized spacial score (nSPS) is 20.3. The van der Waals surface area contributed by atoms with Crippen LogP contribution in [0.15, 0.2) is 28.8 Å². The maximum absolute atomic E-state index is 13.0. The lowest BCUT2D eigenvalue weighted by molar-refractivity contribution is 0.0211. The Labute approximate surface area is 171 Å². The van der Waals surface area contributed by atoms with Crippen molar-refractivity contribution in [1.29, 1.82) is 0 Å². The summed E-state index contributed by atoms with van der Waals surface area (Å²) in [6, 6.07) is 7.55. The third-order valence-electron chi connectivity index (χ3n) is 5.71. The molecule has 156 valence electrons. The number of hydrogen-bond acceptors (Lipinski definition) is 6. The van der Waals surface area contributed by atoms with Crippen molar-refractivity contribution in [2.75, 3.05) is 33.0 Å². The van der Waals surface area contributed by atoms with Crippen LogP contribution in [-0.2, 0) is 15.9 Å². The number of carbonyl (C=O) groups is 1. The van der Waals surface area contributed by atoms with E-state index >= 15 is 0 Å². The second kappa shape index (κ2) is 9.50. The smallest absolute Gasteiger partial charge is 0.254 e. The van der Waals surface area contributed by atoms with Gasteiger partial charge in [0, 0.05) is 38.3 Å². The van der Waals surface area contributed by atoms with Crippen molar-refractivity contribution < 1.29 is 18.8 Å². The number of ether oxygens (including phenoxy) is 2. The molecule has 29 heavy (non-hydrogen) atoms. The molecule has 0 bridgehead atoms. The van der Waals surface area contributed by atoms with Crippen LogP contribution in [0.5, 0.6) is 0 Å². The molecule has 0 radical (unpaired) electrons. The Morgan fingerprint density at radius 1 is 1.28 bits per heavy atom. The van der Waals surface area contributed by atoms with E-state index in [0.29, 0.717) is 42.8 Å². The van der Waals surface area contributed by atoms with Crippen LogP contribution in [0, 0.1) is 12.8 Å². The average molecular weight is 399 g/mol. The lowest BCUT2D eigenvalue weighted by atomic mass is 10.0. The summed E-state index contributed by atoms with van der Waals surface area (Å²) in [6.07, 6.45) is 4.54. The first-order chi connectivity index (χ1) is 14.2. The largest absolute Gasteiger partial charge is 0.381 e. The molecule has 0 N–H and O–H groups in total. The summed E-state index contributed by atoms with van der Waals surface area (Å²) in [5.41, 5.74) is 1.78. The van der Waals surface area contributed by atoms with Crippen molar-refractivity contribution in [2.24, 2.45) is 5.92 Å². The predicted octanol–water partition coefficient (Wildman–Crippen LogP) is 3.34. The predicted molar refractivity (Wildman–Crippen MR) is 107 cm³/mol. The fourth-order valence-electron chi connectivity index (χ4n) is 4.04. The molecular weight excluding hydrogens is 370 g/mol. The standard InChI is InChI=1S/C22H29N3O4/c1-16-4-2-5-18(14-16)22(26)25-10-3-6-19(25)21-23-20(24-29-21)9-13-28-15-17-7-11-27-12-8-17/h2,4-5,14,17,19H,3,6-13,15H2,1H3. The van der Waals surface area contributed by atoms with Gasteiger partial charge in [-0.1, -0.05) is 22.9 Å². The van der Waals surface area contributed by atoms with E-state index in [1.165, 1.54) is 0 Å². The first-order valence-corrected chi connectivity index (χ1v) is 10.6. The molecule has 2 aromatic rings. The lowest BCUT2D eigenvalue weighted by Gasteiger charge is -2.22. The Morgan fingerprint density at radius 2 is 2.14 bits per heavy atom. The van der Waals surface area contributed by atoms with E-state index in [-0.39, 0.29) is 11.9 Å². The third kappa shape index (κ3) is 5.03. The van der Waals surface area contributed by atoms with Crippen molar-refractivity contribution >= 4 is 5.91 Å². The van der Waals surface area contributed by atoms with E-state index in [1.54, 1.807) is 0 Å². The molecule has 2 fully saturated rings. The summed E-state index contributed by atoms with van der Waals surface area (Å²) in [5, 5.41) is 4.10. The first-order valence-electron chi connectivity index (χ1n) is 10.6. The minimum atomic E-state index is -0.146. The molecule has 0 spiro atoms. The highest BCUT2D eigenvalue weighted by molar-refractivity contribution is 5.94. The zero-order valence-corrected chi connectivity index (χ0v) is 17.0. The van der Waals surface area contributed by atoms with Gasteiger partial charge in [0.1, 0.15) is 6.04 Å². The summed E-state index contributed by atoms with van der Waals surface area (Å²) in [7, 11) is 0. The molecule has 1 atom stereocenters. The number of rotatable bonds is 7. The second-order valence-electron chi connectivity index (χ2n) is 7.96. The van der Waals surface area contributed by atoms with Gasteiger partial charge < -0.3 is 18.9 Å². The zero-order chi connectivity index (χ0) is 20.1. The quantitative estimate of drug-likeness (QED) is 0.665. The number of nitrogens with zero attached hydrogens (tertiary/aromatic N) is 3. The average Bonchev–Trinajstić information content (AvgIpc) is 3.41. The number of carbonyl (C=O) groups excluding carboxylic acids is 1. The Hall–Kier alpha value is -2.25. The van der Waals surface area contributed by atoms with Crippen molar-refractivity contribution in [3.63, 3.8) is 0 Å². The third-order valence-corrected chi connectivity index (χ3v) is 5.71. The highest BCUT2D eigenvalue weighted by Crippen LogP contribution is 2.32. The van der Waals surface area contributed by atoms with E-state index in [4.69, 9.17) is 14.0 Å². The van der Waals surface area contributed by atoms with Crippen LogP contribution in [0.2, 0.25) is 0 Å². The monoisotopic (exact) mass is 399 g/mol. The van der Waals surface area contributed by atoms with Gasteiger partial charge in [0.2, 0.25) is 5.89 Å². The first kappa shape index (κ1) is 20.0. The van der Waals surface area contributed by atoms with Crippen molar-refractivity contribution in [3.8, 4) is 0 Å². The summed E-state index contributed by atoms with van der Waals surface area (Å²) < 4.78 is 16.7. The molecule has 1 amide bonds. The van der Waals surface area contributed by atoms with Crippen LogP contribution in [0.4, 0.5) is 0 Å². The van der Waals surface area contributed by atoms with Crippen LogP contribution in [0.25, 0.3) is 0 Å². The molecule has 7 heteroatoms. The number of hydrogen-bond donors (Lipinski definition) is 0. The van der Waals surface area contributed by atoms with E-state index in [2.05, 4.69) is 10.1 Å². The molecule has 0 aliphatic carbocycles. The Balaban J connectivity index is 1.31.